The van der Waals surface area contributed by atoms with E-state index < -0.39 is 0 Å². The van der Waals surface area contributed by atoms with Gasteiger partial charge in [-0.3, -0.25) is 0 Å². The minimum atomic E-state index is 0.733. The molecule has 1 N–H and O–H groups in total. The molecule has 0 aliphatic heterocycles. The first-order valence-corrected chi connectivity index (χ1v) is 5.53. The predicted octanol–water partition coefficient (Wildman–Crippen LogP) is 2.03. The Morgan fingerprint density at radius 1 is 1.44 bits per heavy atom. The second kappa shape index (κ2) is 5.09. The van der Waals surface area contributed by atoms with Crippen molar-refractivity contribution in [2.75, 3.05) is 6.54 Å². The average Bonchev–Trinajstić information content (AvgIpc) is 2.80. The molecule has 0 radical (unpaired) electrons. The Bertz CT molecular complexity index is 453. The summed E-state index contributed by atoms with van der Waals surface area (Å²) >= 11 is 5.98. The molecule has 16 heavy (non-hydrogen) atoms. The van der Waals surface area contributed by atoms with Gasteiger partial charge in [-0.05, 0) is 30.3 Å². The van der Waals surface area contributed by atoms with Crippen LogP contribution in [0.1, 0.15) is 12.5 Å². The summed E-state index contributed by atoms with van der Waals surface area (Å²) < 4.78 is 1.74. The molecule has 0 saturated heterocycles. The van der Waals surface area contributed by atoms with Crippen LogP contribution in [0.2, 0.25) is 5.02 Å². The number of halogens is 1. The third-order valence-corrected chi connectivity index (χ3v) is 2.51. The van der Waals surface area contributed by atoms with Gasteiger partial charge in [-0.1, -0.05) is 18.5 Å². The summed E-state index contributed by atoms with van der Waals surface area (Å²) in [5, 5.41) is 8.13. The number of nitrogens with zero attached hydrogens (tertiary/aromatic N) is 3. The monoisotopic (exact) mass is 236 g/mol. The highest BCUT2D eigenvalue weighted by molar-refractivity contribution is 6.30. The van der Waals surface area contributed by atoms with Crippen LogP contribution in [0.3, 0.4) is 0 Å². The van der Waals surface area contributed by atoms with Crippen LogP contribution >= 0.6 is 11.6 Å². The molecule has 2 rings (SSSR count). The minimum absolute atomic E-state index is 0.733. The molecule has 0 unspecified atom stereocenters. The Balaban J connectivity index is 2.36. The van der Waals surface area contributed by atoms with Crippen molar-refractivity contribution >= 4 is 11.6 Å². The largest absolute Gasteiger partial charge is 0.313 e. The lowest BCUT2D eigenvalue weighted by Crippen LogP contribution is -2.14. The van der Waals surface area contributed by atoms with Crippen molar-refractivity contribution in [1.82, 2.24) is 20.1 Å². The predicted molar refractivity (Wildman–Crippen MR) is 63.7 cm³/mol. The third-order valence-electron chi connectivity index (χ3n) is 2.27. The molecule has 2 aromatic rings. The average molecular weight is 237 g/mol. The van der Waals surface area contributed by atoms with Crippen molar-refractivity contribution in [3.05, 3.63) is 41.4 Å². The maximum absolute atomic E-state index is 5.98. The first kappa shape index (κ1) is 11.1. The lowest BCUT2D eigenvalue weighted by atomic mass is 10.2. The van der Waals surface area contributed by atoms with E-state index in [1.165, 1.54) is 6.33 Å². The lowest BCUT2D eigenvalue weighted by Gasteiger charge is -2.09. The van der Waals surface area contributed by atoms with Crippen LogP contribution in [0.4, 0.5) is 0 Å². The topological polar surface area (TPSA) is 42.7 Å². The fraction of sp³-hybridized carbons (Fsp3) is 0.273. The van der Waals surface area contributed by atoms with Crippen LogP contribution in [0, 0.1) is 0 Å². The van der Waals surface area contributed by atoms with E-state index in [2.05, 4.69) is 22.3 Å². The normalized spacial score (nSPS) is 10.6. The molecule has 1 aromatic carbocycles. The molecular weight excluding hydrogens is 224 g/mol. The summed E-state index contributed by atoms with van der Waals surface area (Å²) in [6, 6.07) is 5.75. The van der Waals surface area contributed by atoms with E-state index in [1.54, 1.807) is 11.0 Å². The standard InChI is InChI=1S/C11H13ClN4/c1-2-13-6-9-5-10(12)3-4-11(9)16-8-14-7-15-16/h3-5,7-8,13H,2,6H2,1H3. The number of rotatable bonds is 4. The van der Waals surface area contributed by atoms with Gasteiger partial charge >= 0.3 is 0 Å². The van der Waals surface area contributed by atoms with Gasteiger partial charge in [0.05, 0.1) is 5.69 Å². The Morgan fingerprint density at radius 3 is 3.00 bits per heavy atom. The molecule has 0 aliphatic carbocycles. The minimum Gasteiger partial charge on any atom is -0.313 e. The maximum atomic E-state index is 5.98. The highest BCUT2D eigenvalue weighted by atomic mass is 35.5. The van der Waals surface area contributed by atoms with Crippen LogP contribution in [0.5, 0.6) is 0 Å². The van der Waals surface area contributed by atoms with Crippen molar-refractivity contribution in [1.29, 1.82) is 0 Å². The van der Waals surface area contributed by atoms with Crippen LogP contribution in [0.25, 0.3) is 5.69 Å². The van der Waals surface area contributed by atoms with Crippen molar-refractivity contribution in [2.45, 2.75) is 13.5 Å². The summed E-state index contributed by atoms with van der Waals surface area (Å²) in [6.07, 6.45) is 3.20. The Morgan fingerprint density at radius 2 is 2.31 bits per heavy atom. The van der Waals surface area contributed by atoms with Gasteiger partial charge in [-0.15, -0.1) is 0 Å². The molecule has 0 spiro atoms. The molecular formula is C11H13ClN4. The van der Waals surface area contributed by atoms with E-state index in [9.17, 15) is 0 Å². The highest BCUT2D eigenvalue weighted by Gasteiger charge is 2.05. The first-order chi connectivity index (χ1) is 7.81. The number of benzene rings is 1. The van der Waals surface area contributed by atoms with E-state index in [0.717, 1.165) is 29.4 Å². The summed E-state index contributed by atoms with van der Waals surface area (Å²) in [5.41, 5.74) is 2.11. The van der Waals surface area contributed by atoms with Gasteiger partial charge in [-0.25, -0.2) is 9.67 Å². The molecule has 0 fully saturated rings. The second-order valence-electron chi connectivity index (χ2n) is 3.39. The number of hydrogen-bond donors (Lipinski definition) is 1. The number of hydrogen-bond acceptors (Lipinski definition) is 3. The quantitative estimate of drug-likeness (QED) is 0.884. The van der Waals surface area contributed by atoms with E-state index in [0.29, 0.717) is 0 Å². The molecule has 0 aliphatic rings. The number of aromatic nitrogens is 3. The van der Waals surface area contributed by atoms with Crippen LogP contribution in [-0.2, 0) is 6.54 Å². The van der Waals surface area contributed by atoms with Gasteiger partial charge < -0.3 is 5.32 Å². The summed E-state index contributed by atoms with van der Waals surface area (Å²) in [4.78, 5) is 3.94. The fourth-order valence-electron chi connectivity index (χ4n) is 1.51. The highest BCUT2D eigenvalue weighted by Crippen LogP contribution is 2.18. The molecule has 1 aromatic heterocycles. The molecule has 84 valence electrons. The van der Waals surface area contributed by atoms with E-state index in [4.69, 9.17) is 11.6 Å². The van der Waals surface area contributed by atoms with Gasteiger partial charge in [-0.2, -0.15) is 5.10 Å². The van der Waals surface area contributed by atoms with Crippen LogP contribution < -0.4 is 5.32 Å². The Kier molecular flexibility index (Phi) is 3.54. The molecule has 0 bridgehead atoms. The van der Waals surface area contributed by atoms with Crippen molar-refractivity contribution in [2.24, 2.45) is 0 Å². The second-order valence-corrected chi connectivity index (χ2v) is 3.83. The first-order valence-electron chi connectivity index (χ1n) is 5.15. The molecule has 1 heterocycles. The number of nitrogens with one attached hydrogen (secondary N) is 1. The van der Waals surface area contributed by atoms with E-state index in [1.807, 2.05) is 18.2 Å². The summed E-state index contributed by atoms with van der Waals surface area (Å²) in [6.45, 7) is 3.76. The zero-order valence-corrected chi connectivity index (χ0v) is 9.78. The molecule has 0 atom stereocenters. The van der Waals surface area contributed by atoms with E-state index in [-0.39, 0.29) is 0 Å². The van der Waals surface area contributed by atoms with Gasteiger partial charge in [0.1, 0.15) is 12.7 Å². The van der Waals surface area contributed by atoms with Crippen LogP contribution in [-0.4, -0.2) is 21.3 Å². The lowest BCUT2D eigenvalue weighted by molar-refractivity contribution is 0.717. The van der Waals surface area contributed by atoms with Crippen LogP contribution in [0.15, 0.2) is 30.9 Å². The fourth-order valence-corrected chi connectivity index (χ4v) is 1.71. The summed E-state index contributed by atoms with van der Waals surface area (Å²) in [7, 11) is 0. The maximum Gasteiger partial charge on any atom is 0.138 e. The molecule has 4 nitrogen and oxygen atoms in total. The summed E-state index contributed by atoms with van der Waals surface area (Å²) in [5.74, 6) is 0. The van der Waals surface area contributed by atoms with Crippen molar-refractivity contribution in [3.8, 4) is 5.69 Å². The third kappa shape index (κ3) is 2.40. The van der Waals surface area contributed by atoms with Gasteiger partial charge in [0.2, 0.25) is 0 Å². The molecule has 0 saturated carbocycles. The Hall–Kier alpha value is -1.39. The zero-order chi connectivity index (χ0) is 11.4. The van der Waals surface area contributed by atoms with Crippen molar-refractivity contribution < 1.29 is 0 Å². The van der Waals surface area contributed by atoms with Gasteiger partial charge in [0, 0.05) is 11.6 Å². The SMILES string of the molecule is CCNCc1cc(Cl)ccc1-n1cncn1. The van der Waals surface area contributed by atoms with E-state index >= 15 is 0 Å². The van der Waals surface area contributed by atoms with Gasteiger partial charge in [0.15, 0.2) is 0 Å². The van der Waals surface area contributed by atoms with Gasteiger partial charge in [0.25, 0.3) is 0 Å². The Labute approximate surface area is 99.3 Å². The van der Waals surface area contributed by atoms with Crippen molar-refractivity contribution in [3.63, 3.8) is 0 Å². The molecule has 0 amide bonds. The zero-order valence-electron chi connectivity index (χ0n) is 9.02. The molecule has 5 heteroatoms. The smallest absolute Gasteiger partial charge is 0.138 e.